The molecule has 0 amide bonds. The van der Waals surface area contributed by atoms with Crippen LogP contribution in [0.2, 0.25) is 5.02 Å². The number of carbonyl (C=O) groups is 1. The van der Waals surface area contributed by atoms with Gasteiger partial charge in [-0.2, -0.15) is 0 Å². The van der Waals surface area contributed by atoms with Gasteiger partial charge in [0.05, 0.1) is 28.8 Å². The molecule has 1 N–H and O–H groups in total. The molecular formula is C27H29ClFN3O3S. The molecule has 0 saturated carbocycles. The van der Waals surface area contributed by atoms with Crippen LogP contribution in [0, 0.1) is 5.41 Å². The Bertz CT molecular complexity index is 1240. The van der Waals surface area contributed by atoms with Crippen LogP contribution in [0.5, 0.6) is 5.75 Å². The molecule has 1 saturated heterocycles. The average Bonchev–Trinajstić information content (AvgIpc) is 2.91. The zero-order chi connectivity index (χ0) is 25.7. The van der Waals surface area contributed by atoms with Crippen LogP contribution in [0.3, 0.4) is 0 Å². The first-order valence-corrected chi connectivity index (χ1v) is 12.8. The molecule has 2 aromatic heterocycles. The number of piperidine rings is 1. The van der Waals surface area contributed by atoms with E-state index >= 15 is 4.39 Å². The van der Waals surface area contributed by atoms with Gasteiger partial charge in [0.25, 0.3) is 0 Å². The number of ether oxygens (including phenoxy) is 1. The molecule has 0 spiro atoms. The monoisotopic (exact) mass is 529 g/mol. The summed E-state index contributed by atoms with van der Waals surface area (Å²) in [5.41, 5.74) is 0.789. The average molecular weight is 530 g/mol. The van der Waals surface area contributed by atoms with E-state index in [0.717, 1.165) is 17.1 Å². The first-order valence-electron chi connectivity index (χ1n) is 12.0. The van der Waals surface area contributed by atoms with Crippen LogP contribution in [0.4, 0.5) is 4.39 Å². The summed E-state index contributed by atoms with van der Waals surface area (Å²) in [5, 5.41) is 10.9. The molecule has 1 aromatic carbocycles. The largest absolute Gasteiger partial charge is 0.497 e. The number of hydrogen-bond acceptors (Lipinski definition) is 6. The van der Waals surface area contributed by atoms with Crippen LogP contribution in [0.25, 0.3) is 10.9 Å². The Morgan fingerprint density at radius 2 is 2.06 bits per heavy atom. The van der Waals surface area contributed by atoms with Crippen LogP contribution in [-0.2, 0) is 4.79 Å². The number of fused-ring (bicyclic) bond motifs is 1. The third-order valence-corrected chi connectivity index (χ3v) is 7.84. The molecule has 0 radical (unpaired) electrons. The Balaban J connectivity index is 1.39. The number of pyridine rings is 2. The number of thiocarbonyl (C=S) groups is 1. The molecule has 9 heteroatoms. The van der Waals surface area contributed by atoms with Crippen molar-refractivity contribution < 1.29 is 19.0 Å². The van der Waals surface area contributed by atoms with Crippen molar-refractivity contribution in [1.29, 1.82) is 0 Å². The zero-order valence-corrected chi connectivity index (χ0v) is 21.7. The topological polar surface area (TPSA) is 75.6 Å². The normalized spacial score (nSPS) is 16.5. The highest BCUT2D eigenvalue weighted by atomic mass is 35.5. The van der Waals surface area contributed by atoms with Crippen molar-refractivity contribution in [2.75, 3.05) is 26.7 Å². The van der Waals surface area contributed by atoms with Gasteiger partial charge in [-0.25, -0.2) is 4.39 Å². The molecular weight excluding hydrogens is 501 g/mol. The number of aliphatic carboxylic acids is 1. The van der Waals surface area contributed by atoms with E-state index in [9.17, 15) is 9.90 Å². The van der Waals surface area contributed by atoms with E-state index in [0.29, 0.717) is 54.6 Å². The van der Waals surface area contributed by atoms with E-state index in [1.165, 1.54) is 6.20 Å². The fourth-order valence-electron chi connectivity index (χ4n) is 4.85. The number of carboxylic acid groups (broad SMARTS) is 1. The molecule has 36 heavy (non-hydrogen) atoms. The quantitative estimate of drug-likeness (QED) is 0.253. The summed E-state index contributed by atoms with van der Waals surface area (Å²) in [6.07, 6.45) is 3.66. The first-order chi connectivity index (χ1) is 17.3. The smallest absolute Gasteiger partial charge is 0.309 e. The van der Waals surface area contributed by atoms with Gasteiger partial charge in [0, 0.05) is 34.8 Å². The third-order valence-electron chi connectivity index (χ3n) is 7.13. The second-order valence-electron chi connectivity index (χ2n) is 9.22. The second-order valence-corrected chi connectivity index (χ2v) is 10.1. The van der Waals surface area contributed by atoms with E-state index in [2.05, 4.69) is 14.9 Å². The molecule has 190 valence electrons. The molecule has 4 rings (SSSR count). The van der Waals surface area contributed by atoms with E-state index < -0.39 is 17.6 Å². The van der Waals surface area contributed by atoms with Crippen LogP contribution in [0.1, 0.15) is 49.5 Å². The van der Waals surface area contributed by atoms with Crippen molar-refractivity contribution in [3.63, 3.8) is 0 Å². The van der Waals surface area contributed by atoms with Gasteiger partial charge in [-0.15, -0.1) is 0 Å². The van der Waals surface area contributed by atoms with Gasteiger partial charge in [0.2, 0.25) is 0 Å². The van der Waals surface area contributed by atoms with Crippen LogP contribution in [0.15, 0.2) is 48.8 Å². The number of carboxylic acids is 1. The van der Waals surface area contributed by atoms with E-state index in [1.807, 2.05) is 18.2 Å². The highest BCUT2D eigenvalue weighted by Crippen LogP contribution is 2.42. The second kappa shape index (κ2) is 11.6. The van der Waals surface area contributed by atoms with Gasteiger partial charge in [-0.3, -0.25) is 14.8 Å². The Hall–Kier alpha value is -2.68. The summed E-state index contributed by atoms with van der Waals surface area (Å²) in [6, 6.07) is 10.9. The van der Waals surface area contributed by atoms with Gasteiger partial charge in [0.1, 0.15) is 11.9 Å². The van der Waals surface area contributed by atoms with Crippen LogP contribution >= 0.6 is 23.8 Å². The van der Waals surface area contributed by atoms with Crippen molar-refractivity contribution in [2.45, 2.75) is 38.3 Å². The van der Waals surface area contributed by atoms with Gasteiger partial charge in [0.15, 0.2) is 0 Å². The number of methoxy groups -OCH3 is 1. The molecule has 0 unspecified atom stereocenters. The van der Waals surface area contributed by atoms with Crippen molar-refractivity contribution in [3.8, 4) is 5.75 Å². The predicted molar refractivity (Wildman–Crippen MR) is 143 cm³/mol. The fourth-order valence-corrected chi connectivity index (χ4v) is 5.33. The number of rotatable bonds is 10. The molecule has 3 aromatic rings. The van der Waals surface area contributed by atoms with E-state index in [1.54, 1.807) is 31.5 Å². The minimum Gasteiger partial charge on any atom is -0.497 e. The predicted octanol–water partition coefficient (Wildman–Crippen LogP) is 6.06. The number of halogens is 2. The molecule has 1 aliphatic rings. The van der Waals surface area contributed by atoms with Crippen molar-refractivity contribution >= 4 is 45.6 Å². The molecule has 1 atom stereocenters. The number of likely N-dealkylation sites (tertiary alicyclic amines) is 1. The Kier molecular flexibility index (Phi) is 8.49. The van der Waals surface area contributed by atoms with Gasteiger partial charge < -0.3 is 14.7 Å². The summed E-state index contributed by atoms with van der Waals surface area (Å²) in [7, 11) is 1.54. The summed E-state index contributed by atoms with van der Waals surface area (Å²) in [6.45, 7) is 2.01. The number of alkyl halides is 1. The summed E-state index contributed by atoms with van der Waals surface area (Å²) >= 11 is 11.9. The molecule has 1 aliphatic heterocycles. The summed E-state index contributed by atoms with van der Waals surface area (Å²) in [4.78, 5) is 23.9. The van der Waals surface area contributed by atoms with Gasteiger partial charge in [-0.1, -0.05) is 29.9 Å². The first kappa shape index (κ1) is 26.4. The Labute approximate surface area is 220 Å². The SMILES string of the molecule is COc1ccc2ncc(Cl)c([C@H](F)CCC3(C(=O)O)CCN(CCC(=S)c4ccccn4)CC3)c2c1. The lowest BCUT2D eigenvalue weighted by molar-refractivity contribution is -0.153. The fraction of sp³-hybridized carbons (Fsp3) is 0.407. The highest BCUT2D eigenvalue weighted by molar-refractivity contribution is 7.80. The van der Waals surface area contributed by atoms with Crippen LogP contribution < -0.4 is 4.74 Å². The number of nitrogens with zero attached hydrogens (tertiary/aromatic N) is 3. The molecule has 0 aliphatic carbocycles. The Morgan fingerprint density at radius 1 is 1.28 bits per heavy atom. The lowest BCUT2D eigenvalue weighted by Gasteiger charge is -2.39. The summed E-state index contributed by atoms with van der Waals surface area (Å²) in [5.74, 6) is -0.289. The van der Waals surface area contributed by atoms with E-state index in [-0.39, 0.29) is 17.9 Å². The minimum atomic E-state index is -1.42. The lowest BCUT2D eigenvalue weighted by Crippen LogP contribution is -2.45. The maximum absolute atomic E-state index is 15.6. The van der Waals surface area contributed by atoms with E-state index in [4.69, 9.17) is 28.6 Å². The number of benzene rings is 1. The molecule has 1 fully saturated rings. The lowest BCUT2D eigenvalue weighted by atomic mass is 9.74. The number of hydrogen-bond donors (Lipinski definition) is 1. The molecule has 6 nitrogen and oxygen atoms in total. The van der Waals surface area contributed by atoms with Crippen LogP contribution in [-0.4, -0.2) is 57.6 Å². The maximum Gasteiger partial charge on any atom is 0.309 e. The minimum absolute atomic E-state index is 0.0616. The van der Waals surface area contributed by atoms with Gasteiger partial charge in [-0.05, 0) is 75.5 Å². The standard InChI is InChI=1S/C27H29ClFN3O3S/c1-35-18-5-6-22-19(16-18)25(20(28)17-31-22)21(29)7-9-27(26(33)34)10-14-32(15-11-27)13-8-24(36)23-4-2-3-12-30-23/h2-6,12,16-17,21H,7-11,13-15H2,1H3,(H,33,34)/t21-/m1/s1. The third kappa shape index (κ3) is 5.82. The highest BCUT2D eigenvalue weighted by Gasteiger charge is 2.41. The number of aromatic nitrogens is 2. The van der Waals surface area contributed by atoms with Gasteiger partial charge >= 0.3 is 5.97 Å². The molecule has 3 heterocycles. The Morgan fingerprint density at radius 3 is 2.72 bits per heavy atom. The maximum atomic E-state index is 15.6. The van der Waals surface area contributed by atoms with Crippen molar-refractivity contribution in [3.05, 3.63) is 65.1 Å². The summed E-state index contributed by atoms with van der Waals surface area (Å²) < 4.78 is 20.9. The van der Waals surface area contributed by atoms with Crippen molar-refractivity contribution in [2.24, 2.45) is 5.41 Å². The zero-order valence-electron chi connectivity index (χ0n) is 20.1. The van der Waals surface area contributed by atoms with Crippen molar-refractivity contribution in [1.82, 2.24) is 14.9 Å². The molecule has 0 bridgehead atoms.